The van der Waals surface area contributed by atoms with E-state index in [0.29, 0.717) is 5.82 Å². The van der Waals surface area contributed by atoms with Gasteiger partial charge in [-0.2, -0.15) is 5.10 Å². The van der Waals surface area contributed by atoms with Crippen LogP contribution in [0.4, 0.5) is 11.5 Å². The molecule has 1 aromatic carbocycles. The maximum Gasteiger partial charge on any atom is 0.287 e. The number of anilines is 1. The number of aromatic nitrogens is 2. The number of phenolic OH excluding ortho intramolecular Hbond substituents is 1. The largest absolute Gasteiger partial charge is 0.508 e. The van der Waals surface area contributed by atoms with Crippen LogP contribution >= 0.6 is 0 Å². The van der Waals surface area contributed by atoms with Crippen LogP contribution in [0.15, 0.2) is 66.0 Å². The minimum absolute atomic E-state index is 0.0780. The number of hydrazone groups is 1. The second kappa shape index (κ2) is 6.61. The van der Waals surface area contributed by atoms with E-state index in [4.69, 9.17) is 0 Å². The average molecular weight is 323 g/mol. The van der Waals surface area contributed by atoms with Crippen molar-refractivity contribution < 1.29 is 10.0 Å². The minimum atomic E-state index is -0.509. The molecule has 0 aliphatic heterocycles. The lowest BCUT2D eigenvalue weighted by Gasteiger charge is -2.06. The smallest absolute Gasteiger partial charge is 0.287 e. The van der Waals surface area contributed by atoms with Gasteiger partial charge in [-0.15, -0.1) is 0 Å². The number of phenols is 1. The molecule has 0 spiro atoms. The van der Waals surface area contributed by atoms with E-state index in [-0.39, 0.29) is 11.4 Å². The zero-order chi connectivity index (χ0) is 16.9. The quantitative estimate of drug-likeness (QED) is 0.426. The summed E-state index contributed by atoms with van der Waals surface area (Å²) in [5, 5.41) is 24.0. The Kier molecular flexibility index (Phi) is 4.19. The molecule has 0 saturated heterocycles. The highest BCUT2D eigenvalue weighted by molar-refractivity contribution is 5.79. The molecule has 0 atom stereocenters. The molecule has 3 aromatic rings. The normalized spacial score (nSPS) is 10.8. The third-order valence-corrected chi connectivity index (χ3v) is 3.24. The summed E-state index contributed by atoms with van der Waals surface area (Å²) in [6.07, 6.45) is 4.64. The first-order chi connectivity index (χ1) is 11.6. The summed E-state index contributed by atoms with van der Waals surface area (Å²) >= 11 is 0. The van der Waals surface area contributed by atoms with Gasteiger partial charge in [-0.3, -0.25) is 15.5 Å². The van der Waals surface area contributed by atoms with Gasteiger partial charge >= 0.3 is 0 Å². The standard InChI is InChI=1S/C16H13N5O3/c22-15-6-3-12(4-7-15)20-9-1-2-13(20)11-18-19-16-8-5-14(10-17-16)21(23)24/h1-11,22H,(H,17,19)/b18-11-. The lowest BCUT2D eigenvalue weighted by Crippen LogP contribution is -2.00. The van der Waals surface area contributed by atoms with Crippen LogP contribution in [0.3, 0.4) is 0 Å². The molecule has 24 heavy (non-hydrogen) atoms. The van der Waals surface area contributed by atoms with Crippen LogP contribution in [0, 0.1) is 10.1 Å². The first kappa shape index (κ1) is 15.2. The molecule has 0 amide bonds. The molecule has 120 valence electrons. The van der Waals surface area contributed by atoms with Crippen molar-refractivity contribution in [2.45, 2.75) is 0 Å². The average Bonchev–Trinajstić information content (AvgIpc) is 3.04. The van der Waals surface area contributed by atoms with Gasteiger partial charge in [-0.25, -0.2) is 4.98 Å². The Morgan fingerprint density at radius 2 is 2.00 bits per heavy atom. The predicted octanol–water partition coefficient (Wildman–Crippen LogP) is 2.93. The van der Waals surface area contributed by atoms with Gasteiger partial charge in [0.25, 0.3) is 5.69 Å². The number of nitro groups is 1. The number of nitrogens with one attached hydrogen (secondary N) is 1. The number of pyridine rings is 1. The highest BCUT2D eigenvalue weighted by Gasteiger charge is 2.04. The monoisotopic (exact) mass is 323 g/mol. The summed E-state index contributed by atoms with van der Waals surface area (Å²) in [7, 11) is 0. The van der Waals surface area contributed by atoms with Crippen LogP contribution in [0.25, 0.3) is 5.69 Å². The van der Waals surface area contributed by atoms with Crippen LogP contribution in [0.2, 0.25) is 0 Å². The molecule has 0 aliphatic carbocycles. The van der Waals surface area contributed by atoms with Gasteiger partial charge in [0.1, 0.15) is 17.8 Å². The molecule has 2 heterocycles. The van der Waals surface area contributed by atoms with Crippen LogP contribution < -0.4 is 5.43 Å². The second-order valence-electron chi connectivity index (χ2n) is 4.85. The van der Waals surface area contributed by atoms with Gasteiger partial charge in [0.15, 0.2) is 0 Å². The number of hydrogen-bond acceptors (Lipinski definition) is 6. The number of rotatable bonds is 5. The van der Waals surface area contributed by atoms with Crippen molar-refractivity contribution >= 4 is 17.7 Å². The maximum atomic E-state index is 10.6. The fourth-order valence-corrected chi connectivity index (χ4v) is 2.07. The van der Waals surface area contributed by atoms with Gasteiger partial charge in [0, 0.05) is 18.0 Å². The molecule has 2 N–H and O–H groups in total. The Balaban J connectivity index is 1.72. The van der Waals surface area contributed by atoms with Crippen molar-refractivity contribution in [1.29, 1.82) is 0 Å². The van der Waals surface area contributed by atoms with E-state index in [9.17, 15) is 15.2 Å². The van der Waals surface area contributed by atoms with Crippen molar-refractivity contribution in [3.8, 4) is 11.4 Å². The SMILES string of the molecule is O=[N+]([O-])c1ccc(N/N=C\c2cccn2-c2ccc(O)cc2)nc1. The second-order valence-corrected chi connectivity index (χ2v) is 4.85. The van der Waals surface area contributed by atoms with Gasteiger partial charge < -0.3 is 9.67 Å². The van der Waals surface area contributed by atoms with Gasteiger partial charge in [-0.1, -0.05) is 0 Å². The predicted molar refractivity (Wildman–Crippen MR) is 89.5 cm³/mol. The van der Waals surface area contributed by atoms with Crippen LogP contribution in [-0.2, 0) is 0 Å². The minimum Gasteiger partial charge on any atom is -0.508 e. The molecule has 0 aliphatic rings. The Labute approximate surface area is 136 Å². The first-order valence-corrected chi connectivity index (χ1v) is 7.00. The summed E-state index contributed by atoms with van der Waals surface area (Å²) in [6, 6.07) is 13.4. The molecule has 0 bridgehead atoms. The van der Waals surface area contributed by atoms with Gasteiger partial charge in [-0.05, 0) is 42.5 Å². The molecule has 0 fully saturated rings. The highest BCUT2D eigenvalue weighted by Crippen LogP contribution is 2.16. The number of benzene rings is 1. The maximum absolute atomic E-state index is 10.6. The van der Waals surface area contributed by atoms with E-state index >= 15 is 0 Å². The van der Waals surface area contributed by atoms with E-state index in [1.165, 1.54) is 12.1 Å². The van der Waals surface area contributed by atoms with Crippen molar-refractivity contribution in [1.82, 2.24) is 9.55 Å². The zero-order valence-electron chi connectivity index (χ0n) is 12.4. The molecular formula is C16H13N5O3. The summed E-state index contributed by atoms with van der Waals surface area (Å²) in [5.74, 6) is 0.603. The molecule has 0 unspecified atom stereocenters. The fraction of sp³-hybridized carbons (Fsp3) is 0. The van der Waals surface area contributed by atoms with Crippen molar-refractivity contribution in [3.05, 3.63) is 76.7 Å². The lowest BCUT2D eigenvalue weighted by atomic mass is 10.3. The Morgan fingerprint density at radius 1 is 1.21 bits per heavy atom. The van der Waals surface area contributed by atoms with Crippen LogP contribution in [0.5, 0.6) is 5.75 Å². The lowest BCUT2D eigenvalue weighted by molar-refractivity contribution is -0.385. The molecule has 2 aromatic heterocycles. The number of aromatic hydroxyl groups is 1. The Bertz CT molecular complexity index is 869. The number of hydrogen-bond donors (Lipinski definition) is 2. The molecule has 8 nitrogen and oxygen atoms in total. The summed E-state index contributed by atoms with van der Waals surface area (Å²) < 4.78 is 1.90. The van der Waals surface area contributed by atoms with Crippen molar-refractivity contribution in [3.63, 3.8) is 0 Å². The topological polar surface area (TPSA) is 106 Å². The van der Waals surface area contributed by atoms with E-state index in [1.807, 2.05) is 22.9 Å². The third kappa shape index (κ3) is 3.38. The Hall–Kier alpha value is -3.68. The van der Waals surface area contributed by atoms with E-state index in [0.717, 1.165) is 17.6 Å². The van der Waals surface area contributed by atoms with E-state index < -0.39 is 4.92 Å². The molecular weight excluding hydrogens is 310 g/mol. The third-order valence-electron chi connectivity index (χ3n) is 3.24. The van der Waals surface area contributed by atoms with Crippen LogP contribution in [-0.4, -0.2) is 25.8 Å². The Morgan fingerprint density at radius 3 is 2.67 bits per heavy atom. The van der Waals surface area contributed by atoms with E-state index in [1.54, 1.807) is 30.5 Å². The van der Waals surface area contributed by atoms with Gasteiger partial charge in [0.2, 0.25) is 0 Å². The summed E-state index contributed by atoms with van der Waals surface area (Å²) in [4.78, 5) is 14.0. The summed E-state index contributed by atoms with van der Waals surface area (Å²) in [6.45, 7) is 0. The van der Waals surface area contributed by atoms with Crippen molar-refractivity contribution in [2.24, 2.45) is 5.10 Å². The van der Waals surface area contributed by atoms with Crippen molar-refractivity contribution in [2.75, 3.05) is 5.43 Å². The van der Waals surface area contributed by atoms with Crippen LogP contribution in [0.1, 0.15) is 5.69 Å². The zero-order valence-corrected chi connectivity index (χ0v) is 12.4. The molecule has 0 radical (unpaired) electrons. The molecule has 0 saturated carbocycles. The highest BCUT2D eigenvalue weighted by atomic mass is 16.6. The van der Waals surface area contributed by atoms with Gasteiger partial charge in [0.05, 0.1) is 16.8 Å². The summed E-state index contributed by atoms with van der Waals surface area (Å²) in [5.41, 5.74) is 4.34. The first-order valence-electron chi connectivity index (χ1n) is 7.00. The molecule has 8 heteroatoms. The number of nitrogens with zero attached hydrogens (tertiary/aromatic N) is 4. The fourth-order valence-electron chi connectivity index (χ4n) is 2.07. The molecule has 3 rings (SSSR count). The van der Waals surface area contributed by atoms with E-state index in [2.05, 4.69) is 15.5 Å².